The fraction of sp³-hybridized carbons (Fsp3) is 0.464. The third-order valence-corrected chi connectivity index (χ3v) is 8.15. The molecule has 0 saturated heterocycles. The van der Waals surface area contributed by atoms with E-state index < -0.39 is 6.10 Å². The summed E-state index contributed by atoms with van der Waals surface area (Å²) in [5, 5.41) is 16.9. The fourth-order valence-corrected chi connectivity index (χ4v) is 5.83. The predicted octanol–water partition coefficient (Wildman–Crippen LogP) is 4.22. The van der Waals surface area contributed by atoms with Gasteiger partial charge in [0.25, 0.3) is 5.91 Å². The lowest BCUT2D eigenvalue weighted by molar-refractivity contribution is 0.0841. The Kier molecular flexibility index (Phi) is 8.61. The van der Waals surface area contributed by atoms with Crippen LogP contribution in [0.1, 0.15) is 58.6 Å². The molecule has 0 spiro atoms. The van der Waals surface area contributed by atoms with E-state index >= 15 is 0 Å². The highest BCUT2D eigenvalue weighted by atomic mass is 79.9. The van der Waals surface area contributed by atoms with Gasteiger partial charge in [0.1, 0.15) is 18.2 Å². The molecule has 1 fully saturated rings. The second-order valence-electron chi connectivity index (χ2n) is 10.1. The first-order valence-electron chi connectivity index (χ1n) is 13.2. The molecule has 1 aromatic carbocycles. The van der Waals surface area contributed by atoms with Crippen LogP contribution in [0, 0.1) is 6.92 Å². The van der Waals surface area contributed by atoms with E-state index in [1.165, 1.54) is 30.4 Å². The Bertz CT molecular complexity index is 1260. The SMILES string of the molecule is Cc1ncoc1COc1ccc2c(c1Br)CCN(C[C@@H](O)CNC(=O)c1ccnc(NC3CCCC3)c1)C2. The number of anilines is 1. The van der Waals surface area contributed by atoms with Gasteiger partial charge in [0.05, 0.1) is 16.3 Å². The molecule has 38 heavy (non-hydrogen) atoms. The summed E-state index contributed by atoms with van der Waals surface area (Å²) < 4.78 is 12.3. The molecule has 1 saturated carbocycles. The number of rotatable bonds is 10. The van der Waals surface area contributed by atoms with Gasteiger partial charge in [0, 0.05) is 44.0 Å². The molecule has 1 aliphatic carbocycles. The molecule has 3 N–H and O–H groups in total. The molecule has 1 atom stereocenters. The van der Waals surface area contributed by atoms with Crippen LogP contribution in [0.5, 0.6) is 5.75 Å². The Balaban J connectivity index is 1.10. The normalized spacial score (nSPS) is 16.7. The van der Waals surface area contributed by atoms with Crippen molar-refractivity contribution in [2.45, 2.75) is 64.3 Å². The molecule has 0 bridgehead atoms. The lowest BCUT2D eigenvalue weighted by atomic mass is 9.99. The summed E-state index contributed by atoms with van der Waals surface area (Å²) >= 11 is 3.72. The van der Waals surface area contributed by atoms with E-state index in [9.17, 15) is 9.90 Å². The molecule has 1 aliphatic heterocycles. The van der Waals surface area contributed by atoms with Gasteiger partial charge in [0.15, 0.2) is 12.2 Å². The Morgan fingerprint density at radius 3 is 2.92 bits per heavy atom. The highest BCUT2D eigenvalue weighted by Gasteiger charge is 2.23. The summed E-state index contributed by atoms with van der Waals surface area (Å²) in [7, 11) is 0. The van der Waals surface area contributed by atoms with E-state index in [4.69, 9.17) is 9.15 Å². The average Bonchev–Trinajstić information content (AvgIpc) is 3.58. The second-order valence-corrected chi connectivity index (χ2v) is 10.9. The summed E-state index contributed by atoms with van der Waals surface area (Å²) in [6.07, 6.45) is 7.98. The van der Waals surface area contributed by atoms with E-state index in [2.05, 4.69) is 47.5 Å². The van der Waals surface area contributed by atoms with Gasteiger partial charge >= 0.3 is 0 Å². The molecule has 5 rings (SSSR count). The van der Waals surface area contributed by atoms with Gasteiger partial charge in [-0.05, 0) is 71.4 Å². The van der Waals surface area contributed by atoms with Gasteiger partial charge in [-0.3, -0.25) is 9.69 Å². The minimum atomic E-state index is -0.672. The summed E-state index contributed by atoms with van der Waals surface area (Å²) in [6, 6.07) is 7.94. The predicted molar refractivity (Wildman–Crippen MR) is 147 cm³/mol. The van der Waals surface area contributed by atoms with Crippen LogP contribution < -0.4 is 15.4 Å². The number of nitrogens with zero attached hydrogens (tertiary/aromatic N) is 3. The van der Waals surface area contributed by atoms with E-state index in [0.717, 1.165) is 54.1 Å². The van der Waals surface area contributed by atoms with Crippen molar-refractivity contribution in [2.24, 2.45) is 0 Å². The quantitative estimate of drug-likeness (QED) is 0.325. The topological polar surface area (TPSA) is 113 Å². The summed E-state index contributed by atoms with van der Waals surface area (Å²) in [5.74, 6) is 2.01. The van der Waals surface area contributed by atoms with Crippen LogP contribution in [0.25, 0.3) is 0 Å². The molecule has 10 heteroatoms. The Labute approximate surface area is 231 Å². The number of oxazole rings is 1. The molecule has 9 nitrogen and oxygen atoms in total. The fourth-order valence-electron chi connectivity index (χ4n) is 5.13. The maximum Gasteiger partial charge on any atom is 0.251 e. The van der Waals surface area contributed by atoms with Gasteiger partial charge < -0.3 is 24.9 Å². The number of hydrogen-bond donors (Lipinski definition) is 3. The van der Waals surface area contributed by atoms with Crippen LogP contribution in [0.3, 0.4) is 0 Å². The molecule has 0 unspecified atom stereocenters. The van der Waals surface area contributed by atoms with Gasteiger partial charge in [0.2, 0.25) is 0 Å². The number of β-amino-alcohol motifs (C(OH)–C–C–N with tert-alkyl or cyclic N) is 1. The van der Waals surface area contributed by atoms with Gasteiger partial charge in [-0.1, -0.05) is 18.9 Å². The third kappa shape index (κ3) is 6.54. The second kappa shape index (κ2) is 12.3. The number of fused-ring (bicyclic) bond motifs is 1. The van der Waals surface area contributed by atoms with E-state index in [-0.39, 0.29) is 12.5 Å². The maximum absolute atomic E-state index is 12.7. The smallest absolute Gasteiger partial charge is 0.251 e. The number of carbonyl (C=O) groups excluding carboxylic acids is 1. The summed E-state index contributed by atoms with van der Waals surface area (Å²) in [5.41, 5.74) is 3.78. The van der Waals surface area contributed by atoms with Crippen LogP contribution in [-0.4, -0.2) is 57.7 Å². The Morgan fingerprint density at radius 2 is 2.13 bits per heavy atom. The van der Waals surface area contributed by atoms with Crippen molar-refractivity contribution in [3.05, 3.63) is 69.5 Å². The van der Waals surface area contributed by atoms with Gasteiger partial charge in [-0.25, -0.2) is 9.97 Å². The molecule has 0 radical (unpaired) electrons. The molecular formula is C28H34BrN5O4. The van der Waals surface area contributed by atoms with Crippen LogP contribution in [0.2, 0.25) is 0 Å². The van der Waals surface area contributed by atoms with Crippen LogP contribution in [0.15, 0.2) is 45.7 Å². The number of ether oxygens (including phenoxy) is 1. The zero-order valence-corrected chi connectivity index (χ0v) is 23.2. The molecule has 1 amide bonds. The van der Waals surface area contributed by atoms with Crippen LogP contribution >= 0.6 is 15.9 Å². The minimum Gasteiger partial charge on any atom is -0.484 e. The number of benzene rings is 1. The zero-order chi connectivity index (χ0) is 26.5. The number of pyridine rings is 1. The highest BCUT2D eigenvalue weighted by Crippen LogP contribution is 2.35. The lowest BCUT2D eigenvalue weighted by Gasteiger charge is -2.31. The van der Waals surface area contributed by atoms with Crippen molar-refractivity contribution < 1.29 is 19.1 Å². The first-order valence-corrected chi connectivity index (χ1v) is 14.0. The highest BCUT2D eigenvalue weighted by molar-refractivity contribution is 9.10. The first kappa shape index (κ1) is 26.6. The van der Waals surface area contributed by atoms with Crippen molar-refractivity contribution >= 4 is 27.7 Å². The maximum atomic E-state index is 12.7. The monoisotopic (exact) mass is 583 g/mol. The molecule has 3 heterocycles. The molecule has 202 valence electrons. The first-order chi connectivity index (χ1) is 18.5. The van der Waals surface area contributed by atoms with Gasteiger partial charge in [-0.2, -0.15) is 0 Å². The number of halogens is 1. The number of carbonyl (C=O) groups is 1. The summed E-state index contributed by atoms with van der Waals surface area (Å²) in [6.45, 7) is 4.41. The number of aliphatic hydroxyl groups excluding tert-OH is 1. The van der Waals surface area contributed by atoms with Crippen LogP contribution in [-0.2, 0) is 19.6 Å². The molecular weight excluding hydrogens is 550 g/mol. The lowest BCUT2D eigenvalue weighted by Crippen LogP contribution is -2.42. The number of aryl methyl sites for hydroxylation is 1. The van der Waals surface area contributed by atoms with E-state index in [1.54, 1.807) is 18.3 Å². The van der Waals surface area contributed by atoms with Crippen molar-refractivity contribution in [3.63, 3.8) is 0 Å². The number of hydrogen-bond acceptors (Lipinski definition) is 8. The van der Waals surface area contributed by atoms with Crippen molar-refractivity contribution in [2.75, 3.05) is 25.0 Å². The number of amides is 1. The average molecular weight is 585 g/mol. The molecule has 2 aliphatic rings. The largest absolute Gasteiger partial charge is 0.484 e. The van der Waals surface area contributed by atoms with Gasteiger partial charge in [-0.15, -0.1) is 0 Å². The standard InChI is InChI=1S/C28H34BrN5O4/c1-18-25(38-17-32-18)16-37-24-7-6-20-14-34(11-9-23(20)27(24)29)15-22(35)13-31-28(36)19-8-10-30-26(12-19)33-21-4-2-3-5-21/h6-8,10,12,17,21-22,35H,2-5,9,11,13-16H2,1H3,(H,30,33)(H,31,36)/t22-/m0/s1. The summed E-state index contributed by atoms with van der Waals surface area (Å²) in [4.78, 5) is 23.3. The van der Waals surface area contributed by atoms with Crippen molar-refractivity contribution in [1.82, 2.24) is 20.2 Å². The Morgan fingerprint density at radius 1 is 1.29 bits per heavy atom. The zero-order valence-electron chi connectivity index (χ0n) is 21.6. The van der Waals surface area contributed by atoms with Crippen molar-refractivity contribution in [3.8, 4) is 5.75 Å². The van der Waals surface area contributed by atoms with Crippen molar-refractivity contribution in [1.29, 1.82) is 0 Å². The number of aromatic nitrogens is 2. The number of nitrogens with one attached hydrogen (secondary N) is 2. The van der Waals surface area contributed by atoms with E-state index in [0.29, 0.717) is 30.5 Å². The number of aliphatic hydroxyl groups is 1. The van der Waals surface area contributed by atoms with E-state index in [1.807, 2.05) is 13.0 Å². The third-order valence-electron chi connectivity index (χ3n) is 7.28. The molecule has 2 aromatic heterocycles. The Hall–Kier alpha value is -2.95. The van der Waals surface area contributed by atoms with Crippen LogP contribution in [0.4, 0.5) is 5.82 Å². The minimum absolute atomic E-state index is 0.188. The molecule has 3 aromatic rings.